The second kappa shape index (κ2) is 2.63. The number of alkyl halides is 2. The van der Waals surface area contributed by atoms with Crippen molar-refractivity contribution in [1.82, 2.24) is 0 Å². The highest BCUT2D eigenvalue weighted by Gasteiger charge is 2.51. The van der Waals surface area contributed by atoms with Gasteiger partial charge in [-0.15, -0.1) is 0 Å². The predicted molar refractivity (Wildman–Crippen MR) is 43.2 cm³/mol. The first-order valence-electron chi connectivity index (χ1n) is 2.41. The Morgan fingerprint density at radius 3 is 1.27 bits per heavy atom. The molecule has 0 aromatic heterocycles. The molecule has 11 heavy (non-hydrogen) atoms. The second-order valence-electron chi connectivity index (χ2n) is 1.86. The molecule has 0 aromatic rings. The zero-order chi connectivity index (χ0) is 8.81. The van der Waals surface area contributed by atoms with Crippen molar-refractivity contribution in [3.05, 3.63) is 10.1 Å². The standard InChI is InChI=1S/C5Cl4O2/c6-1-2(7)4(11)5(8,9)3(1)10. The highest BCUT2D eigenvalue weighted by molar-refractivity contribution is 6.79. The first kappa shape index (κ1) is 9.33. The third-order valence-corrected chi connectivity index (χ3v) is 2.67. The van der Waals surface area contributed by atoms with Crippen molar-refractivity contribution in [2.24, 2.45) is 0 Å². The smallest absolute Gasteiger partial charge is 0.244 e. The molecule has 0 atom stereocenters. The third-order valence-electron chi connectivity index (χ3n) is 1.16. The Morgan fingerprint density at radius 2 is 1.18 bits per heavy atom. The molecule has 0 saturated carbocycles. The lowest BCUT2D eigenvalue weighted by Crippen LogP contribution is -2.29. The molecule has 0 fully saturated rings. The van der Waals surface area contributed by atoms with Crippen LogP contribution in [0.15, 0.2) is 10.1 Å². The summed E-state index contributed by atoms with van der Waals surface area (Å²) in [5, 5.41) is -0.802. The molecular weight excluding hydrogens is 234 g/mol. The number of Topliss-reactive ketones (excluding diaryl/α,β-unsaturated/α-hetero) is 2. The van der Waals surface area contributed by atoms with Crippen LogP contribution < -0.4 is 0 Å². The topological polar surface area (TPSA) is 34.1 Å². The van der Waals surface area contributed by atoms with Gasteiger partial charge in [-0.25, -0.2) is 0 Å². The van der Waals surface area contributed by atoms with Gasteiger partial charge in [0.2, 0.25) is 15.9 Å². The number of carbonyl (C=O) groups is 2. The molecule has 0 spiro atoms. The fourth-order valence-corrected chi connectivity index (χ4v) is 1.60. The lowest BCUT2D eigenvalue weighted by atomic mass is 10.3. The van der Waals surface area contributed by atoms with E-state index >= 15 is 0 Å². The molecule has 6 heteroatoms. The highest BCUT2D eigenvalue weighted by Crippen LogP contribution is 2.40. The van der Waals surface area contributed by atoms with E-state index in [1.165, 1.54) is 0 Å². The van der Waals surface area contributed by atoms with Gasteiger partial charge in [-0.05, 0) is 0 Å². The maximum absolute atomic E-state index is 10.9. The minimum Gasteiger partial charge on any atom is -0.289 e. The summed E-state index contributed by atoms with van der Waals surface area (Å²) in [5.74, 6) is -1.73. The summed E-state index contributed by atoms with van der Waals surface area (Å²) in [5.41, 5.74) is 0. The highest BCUT2D eigenvalue weighted by atomic mass is 35.5. The lowest BCUT2D eigenvalue weighted by molar-refractivity contribution is -0.121. The average Bonchev–Trinajstić information content (AvgIpc) is 2.06. The molecule has 0 amide bonds. The van der Waals surface area contributed by atoms with Gasteiger partial charge in [0, 0.05) is 0 Å². The van der Waals surface area contributed by atoms with Crippen LogP contribution in [0.3, 0.4) is 0 Å². The first-order valence-corrected chi connectivity index (χ1v) is 3.93. The Morgan fingerprint density at radius 1 is 0.909 bits per heavy atom. The van der Waals surface area contributed by atoms with Crippen molar-refractivity contribution >= 4 is 58.0 Å². The predicted octanol–water partition coefficient (Wildman–Crippen LogP) is 2.00. The van der Waals surface area contributed by atoms with Crippen LogP contribution in [0.5, 0.6) is 0 Å². The average molecular weight is 234 g/mol. The van der Waals surface area contributed by atoms with Gasteiger partial charge in [-0.2, -0.15) is 0 Å². The Labute approximate surface area is 82.0 Å². The minimum absolute atomic E-state index is 0.401. The van der Waals surface area contributed by atoms with Gasteiger partial charge >= 0.3 is 0 Å². The van der Waals surface area contributed by atoms with Crippen molar-refractivity contribution in [1.29, 1.82) is 0 Å². The van der Waals surface area contributed by atoms with Gasteiger partial charge < -0.3 is 0 Å². The number of rotatable bonds is 0. The molecule has 0 radical (unpaired) electrons. The van der Waals surface area contributed by atoms with Crippen molar-refractivity contribution in [3.63, 3.8) is 0 Å². The molecule has 0 bridgehead atoms. The zero-order valence-corrected chi connectivity index (χ0v) is 7.85. The molecule has 0 heterocycles. The first-order chi connectivity index (χ1) is 4.89. The van der Waals surface area contributed by atoms with Crippen LogP contribution in [0.2, 0.25) is 0 Å². The minimum atomic E-state index is -2.12. The van der Waals surface area contributed by atoms with E-state index in [0.717, 1.165) is 0 Å². The third kappa shape index (κ3) is 1.18. The molecule has 0 saturated heterocycles. The summed E-state index contributed by atoms with van der Waals surface area (Å²) in [6.45, 7) is 0. The van der Waals surface area contributed by atoms with E-state index in [0.29, 0.717) is 0 Å². The van der Waals surface area contributed by atoms with Gasteiger partial charge in [0.25, 0.3) is 0 Å². The molecule has 0 unspecified atom stereocenters. The van der Waals surface area contributed by atoms with E-state index in [9.17, 15) is 9.59 Å². The van der Waals surface area contributed by atoms with Crippen LogP contribution in [-0.2, 0) is 9.59 Å². The van der Waals surface area contributed by atoms with Crippen molar-refractivity contribution in [3.8, 4) is 0 Å². The Bertz CT molecular complexity index is 252. The summed E-state index contributed by atoms with van der Waals surface area (Å²) < 4.78 is -2.12. The van der Waals surface area contributed by atoms with Crippen LogP contribution in [-0.4, -0.2) is 15.9 Å². The Hall–Kier alpha value is 0.240. The van der Waals surface area contributed by atoms with Crippen molar-refractivity contribution in [2.75, 3.05) is 0 Å². The molecule has 1 rings (SSSR count). The van der Waals surface area contributed by atoms with E-state index in [4.69, 9.17) is 46.4 Å². The van der Waals surface area contributed by atoms with E-state index in [1.54, 1.807) is 0 Å². The van der Waals surface area contributed by atoms with E-state index in [2.05, 4.69) is 0 Å². The number of allylic oxidation sites excluding steroid dienone is 2. The van der Waals surface area contributed by atoms with Crippen LogP contribution in [0.4, 0.5) is 0 Å². The van der Waals surface area contributed by atoms with Gasteiger partial charge in [0.15, 0.2) is 0 Å². The monoisotopic (exact) mass is 232 g/mol. The fraction of sp³-hybridized carbons (Fsp3) is 0.200. The Kier molecular flexibility index (Phi) is 2.23. The fourth-order valence-electron chi connectivity index (χ4n) is 0.578. The number of hydrogen-bond donors (Lipinski definition) is 0. The van der Waals surface area contributed by atoms with E-state index in [1.807, 2.05) is 0 Å². The van der Waals surface area contributed by atoms with Crippen LogP contribution in [0.25, 0.3) is 0 Å². The van der Waals surface area contributed by atoms with Crippen LogP contribution in [0, 0.1) is 0 Å². The number of carbonyl (C=O) groups excluding carboxylic acids is 2. The summed E-state index contributed by atoms with van der Waals surface area (Å²) >= 11 is 21.2. The summed E-state index contributed by atoms with van der Waals surface area (Å²) in [6.07, 6.45) is 0. The lowest BCUT2D eigenvalue weighted by Gasteiger charge is -2.05. The molecule has 1 aliphatic rings. The van der Waals surface area contributed by atoms with Gasteiger partial charge in [0.1, 0.15) is 10.1 Å². The van der Waals surface area contributed by atoms with Crippen molar-refractivity contribution in [2.45, 2.75) is 4.33 Å². The number of ketones is 2. The largest absolute Gasteiger partial charge is 0.289 e. The molecule has 0 N–H and O–H groups in total. The number of halogens is 4. The van der Waals surface area contributed by atoms with Crippen LogP contribution in [0.1, 0.15) is 0 Å². The normalized spacial score (nSPS) is 23.3. The molecule has 0 aliphatic heterocycles. The van der Waals surface area contributed by atoms with E-state index < -0.39 is 26.0 Å². The summed E-state index contributed by atoms with van der Waals surface area (Å²) in [4.78, 5) is 21.8. The van der Waals surface area contributed by atoms with Gasteiger partial charge in [-0.1, -0.05) is 46.4 Å². The van der Waals surface area contributed by atoms with Gasteiger partial charge in [-0.3, -0.25) is 9.59 Å². The van der Waals surface area contributed by atoms with E-state index in [-0.39, 0.29) is 0 Å². The maximum Gasteiger partial charge on any atom is 0.244 e. The number of hydrogen-bond acceptors (Lipinski definition) is 2. The summed E-state index contributed by atoms with van der Waals surface area (Å²) in [7, 11) is 0. The van der Waals surface area contributed by atoms with Crippen molar-refractivity contribution < 1.29 is 9.59 Å². The molecule has 0 aromatic carbocycles. The SMILES string of the molecule is O=C1C(Cl)=C(Cl)C(=O)C1(Cl)Cl. The maximum atomic E-state index is 10.9. The second-order valence-corrected chi connectivity index (χ2v) is 3.94. The molecule has 1 aliphatic carbocycles. The molecule has 2 nitrogen and oxygen atoms in total. The van der Waals surface area contributed by atoms with Crippen LogP contribution >= 0.6 is 46.4 Å². The zero-order valence-electron chi connectivity index (χ0n) is 4.83. The summed E-state index contributed by atoms with van der Waals surface area (Å²) in [6, 6.07) is 0. The molecule has 60 valence electrons. The van der Waals surface area contributed by atoms with Gasteiger partial charge in [0.05, 0.1) is 0 Å². The Balaban J connectivity index is 3.24. The quantitative estimate of drug-likeness (QED) is 0.474. The molecular formula is C5Cl4O2.